The van der Waals surface area contributed by atoms with Gasteiger partial charge in [0, 0.05) is 6.54 Å². The minimum Gasteiger partial charge on any atom is -0.494 e. The maximum Gasteiger partial charge on any atom is 0.230 e. The highest BCUT2D eigenvalue weighted by Gasteiger charge is 1.99. The maximum atomic E-state index is 11.0. The number of alkyl halides is 1. The number of benzene rings is 1. The SMILES string of the molecule is CCCOc1cccc(CCNC(=O)CBr)c1. The molecule has 0 heterocycles. The minimum atomic E-state index is 0.0170. The van der Waals surface area contributed by atoms with E-state index in [2.05, 4.69) is 28.2 Å². The van der Waals surface area contributed by atoms with E-state index in [0.29, 0.717) is 11.9 Å². The van der Waals surface area contributed by atoms with Gasteiger partial charge in [-0.15, -0.1) is 0 Å². The molecule has 1 aromatic carbocycles. The van der Waals surface area contributed by atoms with Crippen molar-refractivity contribution in [3.8, 4) is 5.75 Å². The Balaban J connectivity index is 2.40. The number of ether oxygens (including phenoxy) is 1. The van der Waals surface area contributed by atoms with Crippen LogP contribution in [0.3, 0.4) is 0 Å². The largest absolute Gasteiger partial charge is 0.494 e. The van der Waals surface area contributed by atoms with Crippen molar-refractivity contribution in [2.24, 2.45) is 0 Å². The van der Waals surface area contributed by atoms with Gasteiger partial charge in [-0.1, -0.05) is 35.0 Å². The standard InChI is InChI=1S/C13H18BrNO2/c1-2-8-17-12-5-3-4-11(9-12)6-7-15-13(16)10-14/h3-5,9H,2,6-8,10H2,1H3,(H,15,16). The Morgan fingerprint density at radius 1 is 1.47 bits per heavy atom. The predicted molar refractivity (Wildman–Crippen MR) is 72.7 cm³/mol. The molecule has 94 valence electrons. The molecule has 0 aliphatic heterocycles. The summed E-state index contributed by atoms with van der Waals surface area (Å²) in [6.45, 7) is 3.48. The second kappa shape index (κ2) is 8.12. The van der Waals surface area contributed by atoms with E-state index in [1.807, 2.05) is 24.3 Å². The molecule has 0 fully saturated rings. The van der Waals surface area contributed by atoms with Gasteiger partial charge in [0.15, 0.2) is 0 Å². The maximum absolute atomic E-state index is 11.0. The van der Waals surface area contributed by atoms with Crippen LogP contribution in [0.5, 0.6) is 5.75 Å². The number of halogens is 1. The highest BCUT2D eigenvalue weighted by atomic mass is 79.9. The van der Waals surface area contributed by atoms with Gasteiger partial charge >= 0.3 is 0 Å². The summed E-state index contributed by atoms with van der Waals surface area (Å²) in [5, 5.41) is 3.17. The molecule has 0 saturated carbocycles. The van der Waals surface area contributed by atoms with Gasteiger partial charge in [0.2, 0.25) is 5.91 Å². The van der Waals surface area contributed by atoms with Gasteiger partial charge < -0.3 is 10.1 Å². The molecule has 1 rings (SSSR count). The summed E-state index contributed by atoms with van der Waals surface area (Å²) >= 11 is 3.11. The molecule has 0 aliphatic carbocycles. The van der Waals surface area contributed by atoms with Crippen molar-refractivity contribution in [2.75, 3.05) is 18.5 Å². The lowest BCUT2D eigenvalue weighted by atomic mass is 10.1. The highest BCUT2D eigenvalue weighted by molar-refractivity contribution is 9.09. The molecule has 0 bridgehead atoms. The molecule has 0 spiro atoms. The number of rotatable bonds is 7. The van der Waals surface area contributed by atoms with E-state index in [0.717, 1.165) is 25.2 Å². The number of hydrogen-bond donors (Lipinski definition) is 1. The lowest BCUT2D eigenvalue weighted by molar-refractivity contribution is -0.118. The average Bonchev–Trinajstić information content (AvgIpc) is 2.36. The van der Waals surface area contributed by atoms with E-state index >= 15 is 0 Å². The van der Waals surface area contributed by atoms with E-state index in [1.54, 1.807) is 0 Å². The zero-order chi connectivity index (χ0) is 12.5. The first kappa shape index (κ1) is 14.0. The summed E-state index contributed by atoms with van der Waals surface area (Å²) in [5.74, 6) is 0.916. The van der Waals surface area contributed by atoms with Crippen molar-refractivity contribution < 1.29 is 9.53 Å². The summed E-state index contributed by atoms with van der Waals surface area (Å²) in [6.07, 6.45) is 1.83. The number of amides is 1. The molecule has 1 aromatic rings. The van der Waals surface area contributed by atoms with E-state index in [9.17, 15) is 4.79 Å². The Morgan fingerprint density at radius 2 is 2.29 bits per heavy atom. The molecule has 0 atom stereocenters. The Labute approximate surface area is 111 Å². The van der Waals surface area contributed by atoms with Crippen LogP contribution in [0.15, 0.2) is 24.3 Å². The van der Waals surface area contributed by atoms with Crippen LogP contribution >= 0.6 is 15.9 Å². The lowest BCUT2D eigenvalue weighted by Gasteiger charge is -2.07. The van der Waals surface area contributed by atoms with Crippen LogP contribution in [0.1, 0.15) is 18.9 Å². The van der Waals surface area contributed by atoms with Crippen LogP contribution in [-0.4, -0.2) is 24.4 Å². The summed E-state index contributed by atoms with van der Waals surface area (Å²) in [5.41, 5.74) is 1.17. The van der Waals surface area contributed by atoms with Gasteiger partial charge in [0.1, 0.15) is 5.75 Å². The summed E-state index contributed by atoms with van der Waals surface area (Å²) in [7, 11) is 0. The van der Waals surface area contributed by atoms with Crippen molar-refractivity contribution in [1.82, 2.24) is 5.32 Å². The Kier molecular flexibility index (Phi) is 6.70. The van der Waals surface area contributed by atoms with Crippen LogP contribution in [0, 0.1) is 0 Å². The van der Waals surface area contributed by atoms with E-state index in [1.165, 1.54) is 5.56 Å². The van der Waals surface area contributed by atoms with Gasteiger partial charge in [-0.3, -0.25) is 4.79 Å². The van der Waals surface area contributed by atoms with Gasteiger partial charge in [0.05, 0.1) is 11.9 Å². The first-order valence-electron chi connectivity index (χ1n) is 5.80. The normalized spacial score (nSPS) is 10.0. The van der Waals surface area contributed by atoms with E-state index < -0.39 is 0 Å². The minimum absolute atomic E-state index is 0.0170. The molecule has 0 aliphatic rings. The Morgan fingerprint density at radius 3 is 3.00 bits per heavy atom. The Bertz CT molecular complexity index is 355. The molecule has 3 nitrogen and oxygen atoms in total. The van der Waals surface area contributed by atoms with Crippen molar-refractivity contribution >= 4 is 21.8 Å². The third kappa shape index (κ3) is 5.73. The van der Waals surface area contributed by atoms with Crippen molar-refractivity contribution in [3.05, 3.63) is 29.8 Å². The molecule has 0 unspecified atom stereocenters. The number of carbonyl (C=O) groups excluding carboxylic acids is 1. The van der Waals surface area contributed by atoms with E-state index in [4.69, 9.17) is 4.74 Å². The number of hydrogen-bond acceptors (Lipinski definition) is 2. The van der Waals surface area contributed by atoms with Crippen molar-refractivity contribution in [2.45, 2.75) is 19.8 Å². The average molecular weight is 300 g/mol. The van der Waals surface area contributed by atoms with Crippen LogP contribution in [0.2, 0.25) is 0 Å². The highest BCUT2D eigenvalue weighted by Crippen LogP contribution is 2.13. The molecular weight excluding hydrogens is 282 g/mol. The van der Waals surface area contributed by atoms with Crippen LogP contribution < -0.4 is 10.1 Å². The topological polar surface area (TPSA) is 38.3 Å². The fraction of sp³-hybridized carbons (Fsp3) is 0.462. The first-order chi connectivity index (χ1) is 8.26. The summed E-state index contributed by atoms with van der Waals surface area (Å²) < 4.78 is 5.55. The third-order valence-electron chi connectivity index (χ3n) is 2.23. The van der Waals surface area contributed by atoms with Gasteiger partial charge in [-0.25, -0.2) is 0 Å². The molecule has 0 aromatic heterocycles. The van der Waals surface area contributed by atoms with Gasteiger partial charge in [-0.2, -0.15) is 0 Å². The van der Waals surface area contributed by atoms with Crippen molar-refractivity contribution in [1.29, 1.82) is 0 Å². The van der Waals surface area contributed by atoms with Crippen molar-refractivity contribution in [3.63, 3.8) is 0 Å². The molecule has 1 amide bonds. The molecule has 0 radical (unpaired) electrons. The number of nitrogens with one attached hydrogen (secondary N) is 1. The summed E-state index contributed by atoms with van der Waals surface area (Å²) in [4.78, 5) is 11.0. The van der Waals surface area contributed by atoms with Crippen LogP contribution in [0.4, 0.5) is 0 Å². The monoisotopic (exact) mass is 299 g/mol. The van der Waals surface area contributed by atoms with Crippen LogP contribution in [-0.2, 0) is 11.2 Å². The van der Waals surface area contributed by atoms with E-state index in [-0.39, 0.29) is 5.91 Å². The third-order valence-corrected chi connectivity index (χ3v) is 2.74. The fourth-order valence-corrected chi connectivity index (χ4v) is 1.60. The molecule has 0 saturated heterocycles. The smallest absolute Gasteiger partial charge is 0.230 e. The predicted octanol–water partition coefficient (Wildman–Crippen LogP) is 2.53. The fourth-order valence-electron chi connectivity index (χ4n) is 1.40. The Hall–Kier alpha value is -1.03. The van der Waals surface area contributed by atoms with Crippen LogP contribution in [0.25, 0.3) is 0 Å². The molecule has 17 heavy (non-hydrogen) atoms. The number of carbonyl (C=O) groups is 1. The zero-order valence-electron chi connectivity index (χ0n) is 10.0. The second-order valence-corrected chi connectivity index (χ2v) is 4.29. The molecule has 1 N–H and O–H groups in total. The first-order valence-corrected chi connectivity index (χ1v) is 6.92. The summed E-state index contributed by atoms with van der Waals surface area (Å²) in [6, 6.07) is 8.00. The lowest BCUT2D eigenvalue weighted by Crippen LogP contribution is -2.26. The second-order valence-electron chi connectivity index (χ2n) is 3.73. The quantitative estimate of drug-likeness (QED) is 0.786. The van der Waals surface area contributed by atoms with Gasteiger partial charge in [-0.05, 0) is 30.5 Å². The zero-order valence-corrected chi connectivity index (χ0v) is 11.6. The van der Waals surface area contributed by atoms with Gasteiger partial charge in [0.25, 0.3) is 0 Å². The molecule has 4 heteroatoms. The molecular formula is C13H18BrNO2.